The molecule has 2 unspecified atom stereocenters. The van der Waals surface area contributed by atoms with Gasteiger partial charge in [0.05, 0.1) is 18.8 Å². The molecule has 1 aliphatic heterocycles. The standard InChI is InChI=1S/C15H22BrN3O/c1-11-9-20-12(7-16)8-19(11)15-13-5-3-2-4-6-14(13)17-10-18-15/h10-12H,2-9H2,1H3. The monoisotopic (exact) mass is 339 g/mol. The maximum atomic E-state index is 5.83. The molecule has 2 atom stereocenters. The van der Waals surface area contributed by atoms with Crippen LogP contribution in [0, 0.1) is 0 Å². The molecule has 3 rings (SSSR count). The van der Waals surface area contributed by atoms with Crippen molar-refractivity contribution in [1.82, 2.24) is 9.97 Å². The van der Waals surface area contributed by atoms with Gasteiger partial charge in [0.1, 0.15) is 12.1 Å². The average Bonchev–Trinajstić information content (AvgIpc) is 2.73. The zero-order chi connectivity index (χ0) is 13.9. The average molecular weight is 340 g/mol. The van der Waals surface area contributed by atoms with E-state index < -0.39 is 0 Å². The number of nitrogens with zero attached hydrogens (tertiary/aromatic N) is 3. The molecule has 2 aliphatic rings. The zero-order valence-corrected chi connectivity index (χ0v) is 13.6. The molecule has 2 heterocycles. The first-order valence-corrected chi connectivity index (χ1v) is 8.68. The zero-order valence-electron chi connectivity index (χ0n) is 12.0. The summed E-state index contributed by atoms with van der Waals surface area (Å²) in [6, 6.07) is 0.382. The summed E-state index contributed by atoms with van der Waals surface area (Å²) in [5, 5.41) is 0.878. The summed E-state index contributed by atoms with van der Waals surface area (Å²) in [6.07, 6.45) is 8.03. The maximum Gasteiger partial charge on any atom is 0.135 e. The van der Waals surface area contributed by atoms with Gasteiger partial charge in [0.15, 0.2) is 0 Å². The Balaban J connectivity index is 1.92. The van der Waals surface area contributed by atoms with Crippen molar-refractivity contribution in [3.63, 3.8) is 0 Å². The third kappa shape index (κ3) is 2.84. The lowest BCUT2D eigenvalue weighted by Crippen LogP contribution is -2.49. The Morgan fingerprint density at radius 1 is 1.30 bits per heavy atom. The SMILES string of the molecule is CC1COC(CBr)CN1c1ncnc2c1CCCCC2. The van der Waals surface area contributed by atoms with Crippen molar-refractivity contribution in [2.75, 3.05) is 23.4 Å². The Hall–Kier alpha value is -0.680. The van der Waals surface area contributed by atoms with Crippen molar-refractivity contribution in [3.8, 4) is 0 Å². The summed E-state index contributed by atoms with van der Waals surface area (Å²) in [5.41, 5.74) is 2.65. The normalized spacial score (nSPS) is 27.0. The Bertz CT molecular complexity index is 468. The van der Waals surface area contributed by atoms with E-state index in [1.807, 2.05) is 0 Å². The van der Waals surface area contributed by atoms with E-state index in [1.54, 1.807) is 6.33 Å². The van der Waals surface area contributed by atoms with Gasteiger partial charge < -0.3 is 9.64 Å². The lowest BCUT2D eigenvalue weighted by molar-refractivity contribution is 0.0375. The largest absolute Gasteiger partial charge is 0.373 e. The topological polar surface area (TPSA) is 38.2 Å². The molecule has 0 aromatic carbocycles. The Kier molecular flexibility index (Phi) is 4.56. The summed E-state index contributed by atoms with van der Waals surface area (Å²) < 4.78 is 5.83. The fraction of sp³-hybridized carbons (Fsp3) is 0.733. The number of hydrogen-bond acceptors (Lipinski definition) is 4. The quantitative estimate of drug-likeness (QED) is 0.613. The lowest BCUT2D eigenvalue weighted by atomic mass is 10.1. The van der Waals surface area contributed by atoms with Crippen LogP contribution in [0.4, 0.5) is 5.82 Å². The van der Waals surface area contributed by atoms with Gasteiger partial charge in [-0.2, -0.15) is 0 Å². The Labute approximate surface area is 129 Å². The molecule has 0 radical (unpaired) electrons. The highest BCUT2D eigenvalue weighted by atomic mass is 79.9. The summed E-state index contributed by atoms with van der Waals surface area (Å²) in [7, 11) is 0. The number of rotatable bonds is 2. The second-order valence-corrected chi connectivity index (χ2v) is 6.44. The van der Waals surface area contributed by atoms with Crippen LogP contribution in [0.5, 0.6) is 0 Å². The van der Waals surface area contributed by atoms with E-state index in [0.717, 1.165) is 37.1 Å². The molecule has 0 N–H and O–H groups in total. The summed E-state index contributed by atoms with van der Waals surface area (Å²) >= 11 is 3.53. The molecule has 0 saturated carbocycles. The van der Waals surface area contributed by atoms with E-state index >= 15 is 0 Å². The number of ether oxygens (including phenoxy) is 1. The van der Waals surface area contributed by atoms with E-state index in [4.69, 9.17) is 4.74 Å². The van der Waals surface area contributed by atoms with Gasteiger partial charge in [-0.05, 0) is 32.6 Å². The molecule has 0 bridgehead atoms. The molecule has 1 fully saturated rings. The van der Waals surface area contributed by atoms with Crippen molar-refractivity contribution >= 4 is 21.7 Å². The molecule has 20 heavy (non-hydrogen) atoms. The predicted octanol–water partition coefficient (Wildman–Crippen LogP) is 2.73. The highest BCUT2D eigenvalue weighted by Crippen LogP contribution is 2.29. The van der Waals surface area contributed by atoms with Crippen molar-refractivity contribution in [2.45, 2.75) is 51.2 Å². The van der Waals surface area contributed by atoms with Crippen LogP contribution in [0.15, 0.2) is 6.33 Å². The van der Waals surface area contributed by atoms with Crippen LogP contribution in [-0.4, -0.2) is 40.6 Å². The number of fused-ring (bicyclic) bond motifs is 1. The van der Waals surface area contributed by atoms with Gasteiger partial charge in [0.2, 0.25) is 0 Å². The van der Waals surface area contributed by atoms with E-state index in [1.165, 1.54) is 30.5 Å². The van der Waals surface area contributed by atoms with Crippen LogP contribution < -0.4 is 4.90 Å². The first-order valence-electron chi connectivity index (χ1n) is 7.56. The van der Waals surface area contributed by atoms with Crippen LogP contribution in [0.3, 0.4) is 0 Å². The fourth-order valence-electron chi connectivity index (χ4n) is 3.13. The van der Waals surface area contributed by atoms with E-state index in [2.05, 4.69) is 37.7 Å². The van der Waals surface area contributed by atoms with Gasteiger partial charge in [0, 0.05) is 23.1 Å². The minimum atomic E-state index is 0.252. The second-order valence-electron chi connectivity index (χ2n) is 5.79. The van der Waals surface area contributed by atoms with Gasteiger partial charge in [0.25, 0.3) is 0 Å². The van der Waals surface area contributed by atoms with Crippen molar-refractivity contribution in [1.29, 1.82) is 0 Å². The summed E-state index contributed by atoms with van der Waals surface area (Å²) in [5.74, 6) is 1.15. The third-order valence-electron chi connectivity index (χ3n) is 4.30. The molecule has 110 valence electrons. The van der Waals surface area contributed by atoms with Crippen molar-refractivity contribution in [3.05, 3.63) is 17.6 Å². The third-order valence-corrected chi connectivity index (χ3v) is 5.02. The van der Waals surface area contributed by atoms with Crippen molar-refractivity contribution < 1.29 is 4.74 Å². The van der Waals surface area contributed by atoms with Gasteiger partial charge in [-0.3, -0.25) is 0 Å². The van der Waals surface area contributed by atoms with Gasteiger partial charge in [-0.1, -0.05) is 22.4 Å². The number of aromatic nitrogens is 2. The predicted molar refractivity (Wildman–Crippen MR) is 83.6 cm³/mol. The van der Waals surface area contributed by atoms with Crippen LogP contribution in [0.25, 0.3) is 0 Å². The highest BCUT2D eigenvalue weighted by Gasteiger charge is 2.29. The Morgan fingerprint density at radius 3 is 3.00 bits per heavy atom. The number of morpholine rings is 1. The summed E-state index contributed by atoms with van der Waals surface area (Å²) in [4.78, 5) is 11.6. The number of aryl methyl sites for hydroxylation is 1. The fourth-order valence-corrected chi connectivity index (χ4v) is 3.53. The van der Waals surface area contributed by atoms with Crippen LogP contribution >= 0.6 is 15.9 Å². The van der Waals surface area contributed by atoms with Gasteiger partial charge >= 0.3 is 0 Å². The number of anilines is 1. The first kappa shape index (κ1) is 14.3. The highest BCUT2D eigenvalue weighted by molar-refractivity contribution is 9.09. The molecule has 1 aromatic heterocycles. The number of halogens is 1. The smallest absolute Gasteiger partial charge is 0.135 e. The first-order chi connectivity index (χ1) is 9.79. The molecule has 1 saturated heterocycles. The molecule has 0 spiro atoms. The molecule has 1 aromatic rings. The summed E-state index contributed by atoms with van der Waals surface area (Å²) in [6.45, 7) is 3.90. The number of hydrogen-bond donors (Lipinski definition) is 0. The van der Waals surface area contributed by atoms with E-state index in [-0.39, 0.29) is 6.10 Å². The minimum absolute atomic E-state index is 0.252. The molecular formula is C15H22BrN3O. The second kappa shape index (κ2) is 6.39. The Morgan fingerprint density at radius 2 is 2.15 bits per heavy atom. The number of alkyl halides is 1. The molecule has 5 heteroatoms. The molecular weight excluding hydrogens is 318 g/mol. The lowest BCUT2D eigenvalue weighted by Gasteiger charge is -2.39. The van der Waals surface area contributed by atoms with Crippen LogP contribution in [0.2, 0.25) is 0 Å². The van der Waals surface area contributed by atoms with Crippen molar-refractivity contribution in [2.24, 2.45) is 0 Å². The van der Waals surface area contributed by atoms with E-state index in [0.29, 0.717) is 6.04 Å². The molecule has 0 amide bonds. The van der Waals surface area contributed by atoms with Gasteiger partial charge in [-0.25, -0.2) is 9.97 Å². The van der Waals surface area contributed by atoms with Crippen LogP contribution in [-0.2, 0) is 17.6 Å². The van der Waals surface area contributed by atoms with E-state index in [9.17, 15) is 0 Å². The van der Waals surface area contributed by atoms with Crippen LogP contribution in [0.1, 0.15) is 37.4 Å². The minimum Gasteiger partial charge on any atom is -0.373 e. The van der Waals surface area contributed by atoms with Gasteiger partial charge in [-0.15, -0.1) is 0 Å². The molecule has 4 nitrogen and oxygen atoms in total. The molecule has 1 aliphatic carbocycles. The maximum absolute atomic E-state index is 5.83.